The molecule has 0 unspecified atom stereocenters. The first-order valence-electron chi connectivity index (χ1n) is 9.72. The summed E-state index contributed by atoms with van der Waals surface area (Å²) in [7, 11) is 3.94. The van der Waals surface area contributed by atoms with Crippen LogP contribution in [-0.4, -0.2) is 36.0 Å². The second-order valence-electron chi connectivity index (χ2n) is 7.62. The Morgan fingerprint density at radius 3 is 2.46 bits per heavy atom. The van der Waals surface area contributed by atoms with E-state index in [1.54, 1.807) is 0 Å². The summed E-state index contributed by atoms with van der Waals surface area (Å²) in [5.74, 6) is 1.76. The third kappa shape index (κ3) is 5.58. The Hall–Kier alpha value is -2.34. The van der Waals surface area contributed by atoms with E-state index in [1.807, 2.05) is 56.3 Å². The molecule has 1 fully saturated rings. The SMILES string of the molecule is Cc1cc(N(C)C)nc(NC2CCC(C(=O)NCc3ccc(Cl)cc3)CC2)n1. The van der Waals surface area contributed by atoms with Crippen molar-refractivity contribution < 1.29 is 4.79 Å². The average Bonchev–Trinajstić information content (AvgIpc) is 2.67. The lowest BCUT2D eigenvalue weighted by atomic mass is 9.85. The number of aryl methyl sites for hydroxylation is 1. The molecule has 3 rings (SSSR count). The van der Waals surface area contributed by atoms with Crippen LogP contribution in [0.3, 0.4) is 0 Å². The van der Waals surface area contributed by atoms with Gasteiger partial charge in [0.1, 0.15) is 5.82 Å². The molecule has 28 heavy (non-hydrogen) atoms. The summed E-state index contributed by atoms with van der Waals surface area (Å²) >= 11 is 5.90. The summed E-state index contributed by atoms with van der Waals surface area (Å²) in [6.45, 7) is 2.51. The van der Waals surface area contributed by atoms with E-state index in [0.717, 1.165) is 42.8 Å². The minimum atomic E-state index is 0.0705. The van der Waals surface area contributed by atoms with E-state index in [4.69, 9.17) is 11.6 Å². The number of nitrogens with zero attached hydrogens (tertiary/aromatic N) is 3. The van der Waals surface area contributed by atoms with Gasteiger partial charge in [-0.1, -0.05) is 23.7 Å². The number of amides is 1. The molecule has 1 saturated carbocycles. The lowest BCUT2D eigenvalue weighted by Crippen LogP contribution is -2.35. The zero-order chi connectivity index (χ0) is 20.1. The van der Waals surface area contributed by atoms with E-state index in [9.17, 15) is 4.79 Å². The van der Waals surface area contributed by atoms with Crippen molar-refractivity contribution in [1.82, 2.24) is 15.3 Å². The Kier molecular flexibility index (Phi) is 6.73. The van der Waals surface area contributed by atoms with Gasteiger partial charge in [-0.25, -0.2) is 4.98 Å². The molecule has 1 heterocycles. The van der Waals surface area contributed by atoms with Crippen LogP contribution in [0.25, 0.3) is 0 Å². The van der Waals surface area contributed by atoms with Crippen LogP contribution in [0, 0.1) is 12.8 Å². The van der Waals surface area contributed by atoms with Crippen LogP contribution in [-0.2, 0) is 11.3 Å². The maximum atomic E-state index is 12.5. The molecule has 6 nitrogen and oxygen atoms in total. The predicted molar refractivity (Wildman–Crippen MR) is 114 cm³/mol. The molecule has 1 aromatic heterocycles. The topological polar surface area (TPSA) is 70.2 Å². The Bertz CT molecular complexity index is 801. The Morgan fingerprint density at radius 1 is 1.14 bits per heavy atom. The normalized spacial score (nSPS) is 19.1. The standard InChI is InChI=1S/C21H28ClN5O/c1-14-12-19(27(2)3)26-21(24-14)25-18-10-6-16(7-11-18)20(28)23-13-15-4-8-17(22)9-5-15/h4-5,8-9,12,16,18H,6-7,10-11,13H2,1-3H3,(H,23,28)(H,24,25,26). The molecular weight excluding hydrogens is 374 g/mol. The van der Waals surface area contributed by atoms with Gasteiger partial charge in [0.25, 0.3) is 0 Å². The lowest BCUT2D eigenvalue weighted by Gasteiger charge is -2.28. The summed E-state index contributed by atoms with van der Waals surface area (Å²) in [5, 5.41) is 7.20. The second kappa shape index (κ2) is 9.24. The van der Waals surface area contributed by atoms with E-state index >= 15 is 0 Å². The minimum absolute atomic E-state index is 0.0705. The molecule has 0 radical (unpaired) electrons. The van der Waals surface area contributed by atoms with Gasteiger partial charge < -0.3 is 15.5 Å². The maximum absolute atomic E-state index is 12.5. The highest BCUT2D eigenvalue weighted by Gasteiger charge is 2.26. The number of rotatable bonds is 6. The zero-order valence-corrected chi connectivity index (χ0v) is 17.5. The van der Waals surface area contributed by atoms with Crippen molar-refractivity contribution in [2.24, 2.45) is 5.92 Å². The van der Waals surface area contributed by atoms with E-state index in [0.29, 0.717) is 23.6 Å². The van der Waals surface area contributed by atoms with E-state index < -0.39 is 0 Å². The number of hydrogen-bond acceptors (Lipinski definition) is 5. The first kappa shape index (κ1) is 20.4. The van der Waals surface area contributed by atoms with Crippen LogP contribution in [0.2, 0.25) is 5.02 Å². The summed E-state index contributed by atoms with van der Waals surface area (Å²) in [5.41, 5.74) is 2.00. The molecule has 150 valence electrons. The van der Waals surface area contributed by atoms with Crippen LogP contribution in [0.1, 0.15) is 36.9 Å². The first-order chi connectivity index (χ1) is 13.4. The van der Waals surface area contributed by atoms with Crippen molar-refractivity contribution in [1.29, 1.82) is 0 Å². The molecule has 1 amide bonds. The number of benzene rings is 1. The van der Waals surface area contributed by atoms with Crippen LogP contribution >= 0.6 is 11.6 Å². The minimum Gasteiger partial charge on any atom is -0.363 e. The Morgan fingerprint density at radius 2 is 1.82 bits per heavy atom. The summed E-state index contributed by atoms with van der Waals surface area (Å²) in [6, 6.07) is 9.83. The number of carbonyl (C=O) groups is 1. The van der Waals surface area contributed by atoms with E-state index in [2.05, 4.69) is 20.6 Å². The second-order valence-corrected chi connectivity index (χ2v) is 8.06. The summed E-state index contributed by atoms with van der Waals surface area (Å²) in [6.07, 6.45) is 3.62. The fraction of sp³-hybridized carbons (Fsp3) is 0.476. The molecule has 1 aliphatic rings. The van der Waals surface area contributed by atoms with Crippen molar-refractivity contribution in [3.05, 3.63) is 46.6 Å². The Labute approximate surface area is 171 Å². The molecule has 1 aromatic carbocycles. The van der Waals surface area contributed by atoms with Crippen LogP contribution in [0.15, 0.2) is 30.3 Å². The highest BCUT2D eigenvalue weighted by molar-refractivity contribution is 6.30. The number of nitrogens with one attached hydrogen (secondary N) is 2. The van der Waals surface area contributed by atoms with Gasteiger partial charge in [0.05, 0.1) is 0 Å². The molecule has 7 heteroatoms. The van der Waals surface area contributed by atoms with E-state index in [1.165, 1.54) is 0 Å². The van der Waals surface area contributed by atoms with Gasteiger partial charge in [-0.15, -0.1) is 0 Å². The largest absolute Gasteiger partial charge is 0.363 e. The molecule has 1 aliphatic carbocycles. The molecule has 0 atom stereocenters. The molecule has 0 bridgehead atoms. The smallest absolute Gasteiger partial charge is 0.225 e. The van der Waals surface area contributed by atoms with Crippen molar-refractivity contribution in [2.45, 2.75) is 45.2 Å². The highest BCUT2D eigenvalue weighted by Crippen LogP contribution is 2.26. The van der Waals surface area contributed by atoms with Crippen molar-refractivity contribution in [3.8, 4) is 0 Å². The van der Waals surface area contributed by atoms with Gasteiger partial charge in [0.2, 0.25) is 11.9 Å². The molecule has 0 aliphatic heterocycles. The van der Waals surface area contributed by atoms with Gasteiger partial charge in [0.15, 0.2) is 0 Å². The predicted octanol–water partition coefficient (Wildman–Crippen LogP) is 3.79. The third-order valence-electron chi connectivity index (χ3n) is 5.11. The van der Waals surface area contributed by atoms with Crippen LogP contribution in [0.4, 0.5) is 11.8 Å². The lowest BCUT2D eigenvalue weighted by molar-refractivity contribution is -0.126. The van der Waals surface area contributed by atoms with Crippen molar-refractivity contribution >= 4 is 29.3 Å². The zero-order valence-electron chi connectivity index (χ0n) is 16.7. The number of carbonyl (C=O) groups excluding carboxylic acids is 1. The first-order valence-corrected chi connectivity index (χ1v) is 10.1. The monoisotopic (exact) mass is 401 g/mol. The average molecular weight is 402 g/mol. The van der Waals surface area contributed by atoms with Crippen molar-refractivity contribution in [2.75, 3.05) is 24.3 Å². The summed E-state index contributed by atoms with van der Waals surface area (Å²) < 4.78 is 0. The molecule has 2 N–H and O–H groups in total. The molecule has 2 aromatic rings. The fourth-order valence-electron chi connectivity index (χ4n) is 3.46. The number of halogens is 1. The van der Waals surface area contributed by atoms with Gasteiger partial charge >= 0.3 is 0 Å². The third-order valence-corrected chi connectivity index (χ3v) is 5.36. The van der Waals surface area contributed by atoms with Gasteiger partial charge in [0, 0.05) is 49.4 Å². The van der Waals surface area contributed by atoms with Crippen LogP contribution in [0.5, 0.6) is 0 Å². The van der Waals surface area contributed by atoms with Gasteiger partial charge in [-0.2, -0.15) is 4.98 Å². The van der Waals surface area contributed by atoms with Crippen molar-refractivity contribution in [3.63, 3.8) is 0 Å². The Balaban J connectivity index is 1.47. The van der Waals surface area contributed by atoms with E-state index in [-0.39, 0.29) is 11.8 Å². The van der Waals surface area contributed by atoms with Gasteiger partial charge in [-0.3, -0.25) is 4.79 Å². The quantitative estimate of drug-likeness (QED) is 0.770. The molecule has 0 saturated heterocycles. The number of anilines is 2. The molecular formula is C21H28ClN5O. The summed E-state index contributed by atoms with van der Waals surface area (Å²) in [4.78, 5) is 23.5. The van der Waals surface area contributed by atoms with Crippen LogP contribution < -0.4 is 15.5 Å². The highest BCUT2D eigenvalue weighted by atomic mass is 35.5. The maximum Gasteiger partial charge on any atom is 0.225 e. The number of hydrogen-bond donors (Lipinski definition) is 2. The fourth-order valence-corrected chi connectivity index (χ4v) is 3.59. The molecule has 0 spiro atoms. The van der Waals surface area contributed by atoms with Gasteiger partial charge in [-0.05, 0) is 50.3 Å². The number of aromatic nitrogens is 2.